The summed E-state index contributed by atoms with van der Waals surface area (Å²) in [4.78, 5) is 24.4. The number of halogens is 2. The molecule has 0 amide bonds. The first kappa shape index (κ1) is 16.1. The molecule has 0 bridgehead atoms. The highest BCUT2D eigenvalue weighted by Gasteiger charge is 2.19. The summed E-state index contributed by atoms with van der Waals surface area (Å²) in [5.41, 5.74) is 0.316. The molecule has 2 heterocycles. The Kier molecular flexibility index (Phi) is 4.52. The zero-order valence-corrected chi connectivity index (χ0v) is 13.1. The molecular weight excluding hydrogens is 336 g/mol. The number of ketones is 1. The lowest BCUT2D eigenvalue weighted by Gasteiger charge is -2.07. The summed E-state index contributed by atoms with van der Waals surface area (Å²) in [5.74, 6) is -3.18. The molecule has 7 heteroatoms. The molecule has 0 aliphatic heterocycles. The summed E-state index contributed by atoms with van der Waals surface area (Å²) >= 11 is 1.18. The predicted octanol–water partition coefficient (Wildman–Crippen LogP) is 3.86. The predicted molar refractivity (Wildman–Crippen MR) is 84.6 cm³/mol. The highest BCUT2D eigenvalue weighted by atomic mass is 32.1. The van der Waals surface area contributed by atoms with Gasteiger partial charge < -0.3 is 9.30 Å². The number of esters is 1. The van der Waals surface area contributed by atoms with Crippen LogP contribution in [-0.4, -0.2) is 22.9 Å². The molecule has 4 nitrogen and oxygen atoms in total. The molecular formula is C17H11F2NO3S. The fourth-order valence-electron chi connectivity index (χ4n) is 2.14. The Labute approximate surface area is 139 Å². The zero-order valence-electron chi connectivity index (χ0n) is 12.2. The molecule has 0 N–H and O–H groups in total. The van der Waals surface area contributed by atoms with E-state index >= 15 is 0 Å². The van der Waals surface area contributed by atoms with E-state index in [1.807, 2.05) is 12.1 Å². The number of hydrogen-bond acceptors (Lipinski definition) is 4. The Bertz CT molecular complexity index is 887. The standard InChI is InChI=1S/C17H11F2NO3S/c18-11-3-4-12(13(19)9-11)15(21)10-23-17(22)16-14(5-8-24-16)20-6-1-2-7-20/h1-9H,10H2. The zero-order chi connectivity index (χ0) is 17.1. The van der Waals surface area contributed by atoms with E-state index in [1.54, 1.807) is 28.4 Å². The van der Waals surface area contributed by atoms with Gasteiger partial charge in [0.2, 0.25) is 5.78 Å². The van der Waals surface area contributed by atoms with Crippen LogP contribution in [0.4, 0.5) is 8.78 Å². The summed E-state index contributed by atoms with van der Waals surface area (Å²) < 4.78 is 33.1. The van der Waals surface area contributed by atoms with Crippen molar-refractivity contribution in [3.63, 3.8) is 0 Å². The molecule has 0 fully saturated rings. The fourth-order valence-corrected chi connectivity index (χ4v) is 2.93. The van der Waals surface area contributed by atoms with Gasteiger partial charge in [0, 0.05) is 18.5 Å². The van der Waals surface area contributed by atoms with E-state index in [1.165, 1.54) is 11.3 Å². The first-order chi connectivity index (χ1) is 11.6. The van der Waals surface area contributed by atoms with Gasteiger partial charge in [0.05, 0.1) is 11.3 Å². The van der Waals surface area contributed by atoms with Crippen molar-refractivity contribution in [2.24, 2.45) is 0 Å². The molecule has 0 radical (unpaired) electrons. The Hall–Kier alpha value is -2.80. The van der Waals surface area contributed by atoms with E-state index in [0.717, 1.165) is 12.1 Å². The van der Waals surface area contributed by atoms with Crippen molar-refractivity contribution >= 4 is 23.1 Å². The lowest BCUT2D eigenvalue weighted by molar-refractivity contribution is 0.0478. The number of carbonyl (C=O) groups excluding carboxylic acids is 2. The van der Waals surface area contributed by atoms with Crippen molar-refractivity contribution in [1.29, 1.82) is 0 Å². The number of aromatic nitrogens is 1. The summed E-state index contributed by atoms with van der Waals surface area (Å²) in [6.45, 7) is -0.621. The number of benzene rings is 1. The van der Waals surface area contributed by atoms with Crippen LogP contribution in [0.15, 0.2) is 54.2 Å². The van der Waals surface area contributed by atoms with Crippen molar-refractivity contribution in [2.45, 2.75) is 0 Å². The number of nitrogens with zero attached hydrogens (tertiary/aromatic N) is 1. The van der Waals surface area contributed by atoms with Crippen LogP contribution in [0.3, 0.4) is 0 Å². The normalized spacial score (nSPS) is 10.6. The molecule has 3 rings (SSSR count). The molecule has 0 saturated heterocycles. The van der Waals surface area contributed by atoms with E-state index in [4.69, 9.17) is 4.74 Å². The van der Waals surface area contributed by atoms with Crippen LogP contribution in [0.2, 0.25) is 0 Å². The second kappa shape index (κ2) is 6.76. The fraction of sp³-hybridized carbons (Fsp3) is 0.0588. The Balaban J connectivity index is 1.70. The second-order valence-electron chi connectivity index (χ2n) is 4.85. The number of thiophene rings is 1. The summed E-state index contributed by atoms with van der Waals surface area (Å²) in [6, 6.07) is 7.99. The van der Waals surface area contributed by atoms with Gasteiger partial charge in [-0.3, -0.25) is 4.79 Å². The lowest BCUT2D eigenvalue weighted by atomic mass is 10.1. The third kappa shape index (κ3) is 3.26. The van der Waals surface area contributed by atoms with Crippen molar-refractivity contribution in [1.82, 2.24) is 4.57 Å². The van der Waals surface area contributed by atoms with Gasteiger partial charge in [-0.1, -0.05) is 0 Å². The Morgan fingerprint density at radius 2 is 1.88 bits per heavy atom. The molecule has 0 atom stereocenters. The van der Waals surface area contributed by atoms with Gasteiger partial charge in [0.25, 0.3) is 0 Å². The SMILES string of the molecule is O=C(COC(=O)c1sccc1-n1cccc1)c1ccc(F)cc1F. The van der Waals surface area contributed by atoms with Gasteiger partial charge in [-0.25, -0.2) is 13.6 Å². The topological polar surface area (TPSA) is 48.3 Å². The van der Waals surface area contributed by atoms with Gasteiger partial charge in [0.1, 0.15) is 16.5 Å². The average Bonchev–Trinajstić information content (AvgIpc) is 3.22. The highest BCUT2D eigenvalue weighted by molar-refractivity contribution is 7.12. The maximum absolute atomic E-state index is 13.5. The largest absolute Gasteiger partial charge is 0.453 e. The monoisotopic (exact) mass is 347 g/mol. The number of Topliss-reactive ketones (excluding diaryl/α,β-unsaturated/α-hetero) is 1. The average molecular weight is 347 g/mol. The first-order valence-electron chi connectivity index (χ1n) is 6.92. The Morgan fingerprint density at radius 3 is 2.58 bits per heavy atom. The minimum atomic E-state index is -0.986. The van der Waals surface area contributed by atoms with E-state index < -0.39 is 30.0 Å². The molecule has 0 spiro atoms. The maximum atomic E-state index is 13.5. The van der Waals surface area contributed by atoms with Gasteiger partial charge in [-0.05, 0) is 35.7 Å². The van der Waals surface area contributed by atoms with Crippen LogP contribution in [0.5, 0.6) is 0 Å². The quantitative estimate of drug-likeness (QED) is 0.520. The van der Waals surface area contributed by atoms with Crippen LogP contribution < -0.4 is 0 Å². The molecule has 3 aromatic rings. The van der Waals surface area contributed by atoms with Crippen LogP contribution >= 0.6 is 11.3 Å². The highest BCUT2D eigenvalue weighted by Crippen LogP contribution is 2.22. The van der Waals surface area contributed by atoms with Gasteiger partial charge in [0.15, 0.2) is 6.61 Å². The number of carbonyl (C=O) groups is 2. The molecule has 1 aromatic carbocycles. The van der Waals surface area contributed by atoms with Crippen LogP contribution in [-0.2, 0) is 4.74 Å². The van der Waals surface area contributed by atoms with Crippen molar-refractivity contribution in [3.8, 4) is 5.69 Å². The minimum Gasteiger partial charge on any atom is -0.453 e. The lowest BCUT2D eigenvalue weighted by Crippen LogP contribution is -2.15. The molecule has 0 aliphatic carbocycles. The number of rotatable bonds is 5. The molecule has 24 heavy (non-hydrogen) atoms. The van der Waals surface area contributed by atoms with Gasteiger partial charge in [-0.15, -0.1) is 11.3 Å². The van der Waals surface area contributed by atoms with Crippen molar-refractivity contribution in [3.05, 3.63) is 76.2 Å². The second-order valence-corrected chi connectivity index (χ2v) is 5.76. The third-order valence-corrected chi connectivity index (χ3v) is 4.16. The molecule has 122 valence electrons. The summed E-state index contributed by atoms with van der Waals surface area (Å²) in [6.07, 6.45) is 3.55. The van der Waals surface area contributed by atoms with Gasteiger partial charge >= 0.3 is 5.97 Å². The molecule has 0 unspecified atom stereocenters. The first-order valence-corrected chi connectivity index (χ1v) is 7.80. The summed E-state index contributed by atoms with van der Waals surface area (Å²) in [7, 11) is 0. The number of ether oxygens (including phenoxy) is 1. The van der Waals surface area contributed by atoms with Crippen LogP contribution in [0.25, 0.3) is 5.69 Å². The number of hydrogen-bond donors (Lipinski definition) is 0. The smallest absolute Gasteiger partial charge is 0.350 e. The maximum Gasteiger partial charge on any atom is 0.350 e. The van der Waals surface area contributed by atoms with E-state index in [0.29, 0.717) is 16.6 Å². The van der Waals surface area contributed by atoms with Gasteiger partial charge in [-0.2, -0.15) is 0 Å². The van der Waals surface area contributed by atoms with Crippen molar-refractivity contribution < 1.29 is 23.1 Å². The van der Waals surface area contributed by atoms with E-state index in [-0.39, 0.29) is 5.56 Å². The molecule has 2 aromatic heterocycles. The molecule has 0 aliphatic rings. The third-order valence-electron chi connectivity index (χ3n) is 3.28. The minimum absolute atomic E-state index is 0.319. The van der Waals surface area contributed by atoms with Crippen LogP contribution in [0.1, 0.15) is 20.0 Å². The van der Waals surface area contributed by atoms with Crippen molar-refractivity contribution in [2.75, 3.05) is 6.61 Å². The van der Waals surface area contributed by atoms with Crippen LogP contribution in [0, 0.1) is 11.6 Å². The molecule has 0 saturated carbocycles. The Morgan fingerprint density at radius 1 is 1.12 bits per heavy atom. The van der Waals surface area contributed by atoms with E-state index in [9.17, 15) is 18.4 Å². The van der Waals surface area contributed by atoms with E-state index in [2.05, 4.69) is 0 Å². The summed E-state index contributed by atoms with van der Waals surface area (Å²) in [5, 5.41) is 1.73.